The van der Waals surface area contributed by atoms with Crippen LogP contribution in [0.4, 0.5) is 0 Å². The van der Waals surface area contributed by atoms with Crippen molar-refractivity contribution >= 4 is 11.9 Å². The third-order valence-corrected chi connectivity index (χ3v) is 6.42. The van der Waals surface area contributed by atoms with Crippen molar-refractivity contribution < 1.29 is 19.1 Å². The molecule has 2 aliphatic rings. The van der Waals surface area contributed by atoms with E-state index in [9.17, 15) is 19.2 Å². The van der Waals surface area contributed by atoms with E-state index in [-0.39, 0.29) is 19.4 Å². The van der Waals surface area contributed by atoms with Crippen LogP contribution in [0, 0.1) is 5.41 Å². The molecule has 0 saturated heterocycles. The summed E-state index contributed by atoms with van der Waals surface area (Å²) in [6, 6.07) is 7.94. The van der Waals surface area contributed by atoms with E-state index >= 15 is 0 Å². The molecule has 1 aromatic heterocycles. The van der Waals surface area contributed by atoms with Gasteiger partial charge in [0, 0.05) is 6.42 Å². The summed E-state index contributed by atoms with van der Waals surface area (Å²) >= 11 is 0. The monoisotopic (exact) mass is 439 g/mol. The van der Waals surface area contributed by atoms with Gasteiger partial charge in [0.15, 0.2) is 5.41 Å². The Morgan fingerprint density at radius 2 is 1.62 bits per heavy atom. The average molecular weight is 439 g/mol. The normalized spacial score (nSPS) is 19.4. The van der Waals surface area contributed by atoms with Gasteiger partial charge in [0.1, 0.15) is 0 Å². The van der Waals surface area contributed by atoms with E-state index < -0.39 is 34.8 Å². The molecule has 0 fully saturated rings. The van der Waals surface area contributed by atoms with Gasteiger partial charge in [0.05, 0.1) is 32.5 Å². The van der Waals surface area contributed by atoms with Crippen LogP contribution in [0.1, 0.15) is 32.7 Å². The summed E-state index contributed by atoms with van der Waals surface area (Å²) < 4.78 is 13.8. The van der Waals surface area contributed by atoms with Crippen LogP contribution in [0.25, 0.3) is 5.69 Å². The van der Waals surface area contributed by atoms with E-state index in [1.165, 1.54) is 23.6 Å². The first-order valence-electron chi connectivity index (χ1n) is 10.3. The van der Waals surface area contributed by atoms with Crippen LogP contribution in [0.15, 0.2) is 62.7 Å². The number of fused-ring (bicyclic) bond motifs is 3. The van der Waals surface area contributed by atoms with Gasteiger partial charge >= 0.3 is 23.3 Å². The molecule has 0 spiro atoms. The smallest absolute Gasteiger partial charge is 0.352 e. The minimum atomic E-state index is -1.63. The maximum absolute atomic E-state index is 13.5. The Morgan fingerprint density at radius 3 is 2.22 bits per heavy atom. The minimum Gasteiger partial charge on any atom is -0.468 e. The predicted octanol–water partition coefficient (Wildman–Crippen LogP) is 1.74. The number of hydrogen-bond acceptors (Lipinski definition) is 6. The molecule has 1 aliphatic heterocycles. The Kier molecular flexibility index (Phi) is 5.28. The molecule has 1 unspecified atom stereocenters. The number of ether oxygens (including phenoxy) is 2. The molecule has 0 bridgehead atoms. The minimum absolute atomic E-state index is 0.0645. The first-order chi connectivity index (χ1) is 15.3. The molecule has 0 saturated carbocycles. The molecule has 2 aromatic rings. The van der Waals surface area contributed by atoms with Crippen molar-refractivity contribution in [3.05, 3.63) is 74.1 Å². The molecule has 2 heterocycles. The molecule has 1 aliphatic carbocycles. The second kappa shape index (κ2) is 7.81. The van der Waals surface area contributed by atoms with Crippen molar-refractivity contribution in [2.75, 3.05) is 14.2 Å². The summed E-state index contributed by atoms with van der Waals surface area (Å²) in [5, 5.41) is 0. The Labute approximate surface area is 184 Å². The highest BCUT2D eigenvalue weighted by Crippen LogP contribution is 2.45. The van der Waals surface area contributed by atoms with E-state index in [4.69, 9.17) is 9.47 Å². The lowest BCUT2D eigenvalue weighted by Gasteiger charge is -2.34. The van der Waals surface area contributed by atoms with E-state index in [1.54, 1.807) is 36.4 Å². The third kappa shape index (κ3) is 2.99. The summed E-state index contributed by atoms with van der Waals surface area (Å²) in [7, 11) is 2.43. The Bertz CT molecular complexity index is 1260. The fraction of sp³-hybridized carbons (Fsp3) is 0.391. The van der Waals surface area contributed by atoms with E-state index in [0.717, 1.165) is 21.3 Å². The second-order valence-corrected chi connectivity index (χ2v) is 8.21. The van der Waals surface area contributed by atoms with Crippen molar-refractivity contribution in [2.45, 2.75) is 39.3 Å². The van der Waals surface area contributed by atoms with Gasteiger partial charge < -0.3 is 9.47 Å². The zero-order chi connectivity index (χ0) is 23.2. The maximum Gasteiger partial charge on any atom is 0.352 e. The number of benzene rings is 1. The first kappa shape index (κ1) is 21.6. The first-order valence-corrected chi connectivity index (χ1v) is 10.3. The summed E-state index contributed by atoms with van der Waals surface area (Å²) in [4.78, 5) is 52.5. The van der Waals surface area contributed by atoms with Crippen LogP contribution in [-0.2, 0) is 25.6 Å². The van der Waals surface area contributed by atoms with E-state index in [1.807, 2.05) is 13.8 Å². The number of allylic oxidation sites excluding steroid dienone is 4. The van der Waals surface area contributed by atoms with Crippen LogP contribution >= 0.6 is 0 Å². The summed E-state index contributed by atoms with van der Waals surface area (Å²) in [5.41, 5.74) is 0.379. The van der Waals surface area contributed by atoms with Crippen molar-refractivity contribution in [1.29, 1.82) is 0 Å². The molecule has 4 rings (SSSR count). The maximum atomic E-state index is 13.5. The summed E-state index contributed by atoms with van der Waals surface area (Å²) in [5.74, 6) is -1.47. The number of carbonyl (C=O) groups is 2. The van der Waals surface area contributed by atoms with Crippen LogP contribution in [0.3, 0.4) is 0 Å². The molecule has 32 heavy (non-hydrogen) atoms. The molecule has 1 atom stereocenters. The molecule has 0 amide bonds. The number of nitrogens with zero attached hydrogens (tertiary/aromatic N) is 3. The molecule has 9 heteroatoms. The molecule has 0 N–H and O–H groups in total. The number of hydrogen-bond donors (Lipinski definition) is 0. The van der Waals surface area contributed by atoms with Gasteiger partial charge in [-0.25, -0.2) is 23.5 Å². The summed E-state index contributed by atoms with van der Waals surface area (Å²) in [6.07, 6.45) is 1.81. The molecular weight excluding hydrogens is 414 g/mol. The fourth-order valence-electron chi connectivity index (χ4n) is 4.90. The molecule has 0 radical (unpaired) electrons. The van der Waals surface area contributed by atoms with Crippen LogP contribution in [0.5, 0.6) is 0 Å². The van der Waals surface area contributed by atoms with Crippen LogP contribution in [0.2, 0.25) is 0 Å². The van der Waals surface area contributed by atoms with Gasteiger partial charge in [-0.15, -0.1) is 0 Å². The van der Waals surface area contributed by atoms with Gasteiger partial charge in [-0.05, 0) is 49.1 Å². The Morgan fingerprint density at radius 1 is 1.00 bits per heavy atom. The predicted molar refractivity (Wildman–Crippen MR) is 115 cm³/mol. The highest BCUT2D eigenvalue weighted by atomic mass is 16.5. The number of carbonyl (C=O) groups excluding carboxylic acids is 2. The molecule has 1 aromatic carbocycles. The van der Waals surface area contributed by atoms with Gasteiger partial charge in [-0.1, -0.05) is 24.3 Å². The zero-order valence-corrected chi connectivity index (χ0v) is 18.5. The number of para-hydroxylation sites is 1. The van der Waals surface area contributed by atoms with Gasteiger partial charge in [0.2, 0.25) is 0 Å². The highest BCUT2D eigenvalue weighted by molar-refractivity contribution is 6.00. The summed E-state index contributed by atoms with van der Waals surface area (Å²) in [6.45, 7) is 4.00. The molecule has 9 nitrogen and oxygen atoms in total. The van der Waals surface area contributed by atoms with Gasteiger partial charge in [-0.3, -0.25) is 9.59 Å². The largest absolute Gasteiger partial charge is 0.468 e. The van der Waals surface area contributed by atoms with Crippen molar-refractivity contribution in [1.82, 2.24) is 13.9 Å². The third-order valence-electron chi connectivity index (χ3n) is 6.42. The average Bonchev–Trinajstić information content (AvgIpc) is 2.94. The zero-order valence-electron chi connectivity index (χ0n) is 18.5. The van der Waals surface area contributed by atoms with Crippen LogP contribution < -0.4 is 11.4 Å². The number of aromatic nitrogens is 3. The lowest BCUT2D eigenvalue weighted by atomic mass is 9.78. The lowest BCUT2D eigenvalue weighted by molar-refractivity contribution is -0.170. The molecular formula is C23H25N3O6. The second-order valence-electron chi connectivity index (χ2n) is 8.21. The Hall–Kier alpha value is -3.62. The number of rotatable bonds is 3. The van der Waals surface area contributed by atoms with Crippen molar-refractivity contribution in [2.24, 2.45) is 5.41 Å². The van der Waals surface area contributed by atoms with Gasteiger partial charge in [0.25, 0.3) is 0 Å². The number of esters is 2. The topological polar surface area (TPSA) is 102 Å². The van der Waals surface area contributed by atoms with Crippen molar-refractivity contribution in [3.63, 3.8) is 0 Å². The highest BCUT2D eigenvalue weighted by Gasteiger charge is 2.52. The Balaban J connectivity index is 1.99. The fourth-order valence-corrected chi connectivity index (χ4v) is 4.90. The lowest BCUT2D eigenvalue weighted by Crippen LogP contribution is -2.45. The van der Waals surface area contributed by atoms with Crippen LogP contribution in [-0.4, -0.2) is 40.1 Å². The van der Waals surface area contributed by atoms with E-state index in [2.05, 4.69) is 0 Å². The molecule has 168 valence electrons. The van der Waals surface area contributed by atoms with Gasteiger partial charge in [-0.2, -0.15) is 0 Å². The SMILES string of the molecule is COC(=O)C1(C(=O)OC)CC=C(C)C2=C(C)Cn3c(=O)n(-c4ccccc4)c(=O)n3C2C1. The van der Waals surface area contributed by atoms with E-state index in [0.29, 0.717) is 5.69 Å². The number of methoxy groups -OCH3 is 2. The standard InChI is InChI=1S/C23H25N3O6/c1-14-10-11-23(19(27)31-3,20(28)32-4)12-17-18(14)15(2)13-24-21(29)25(22(30)26(17)24)16-8-6-5-7-9-16/h5-10,17H,11-13H2,1-4H3. The van der Waals surface area contributed by atoms with Crippen molar-refractivity contribution in [3.8, 4) is 5.69 Å². The quantitative estimate of drug-likeness (QED) is 0.533.